The van der Waals surface area contributed by atoms with E-state index in [0.717, 1.165) is 5.57 Å². The molecule has 0 aliphatic heterocycles. The second kappa shape index (κ2) is 9.05. The van der Waals surface area contributed by atoms with Crippen molar-refractivity contribution in [2.24, 2.45) is 0 Å². The third kappa shape index (κ3) is 6.02. The van der Waals surface area contributed by atoms with Crippen LogP contribution in [0.15, 0.2) is 54.7 Å². The Bertz CT molecular complexity index is 702. The lowest BCUT2D eigenvalue weighted by molar-refractivity contribution is 0.102. The highest BCUT2D eigenvalue weighted by Crippen LogP contribution is 2.16. The van der Waals surface area contributed by atoms with Crippen molar-refractivity contribution in [3.05, 3.63) is 65.3 Å². The van der Waals surface area contributed by atoms with Gasteiger partial charge in [-0.3, -0.25) is 4.79 Å². The van der Waals surface area contributed by atoms with Gasteiger partial charge in [-0.1, -0.05) is 29.8 Å². The number of pyridine rings is 1. The van der Waals surface area contributed by atoms with Crippen molar-refractivity contribution in [3.63, 3.8) is 0 Å². The van der Waals surface area contributed by atoms with Crippen LogP contribution in [-0.2, 0) is 4.74 Å². The Hall–Kier alpha value is -2.37. The minimum atomic E-state index is -0.235. The SMILES string of the molecule is C=C(C)COCCNc1ccc(C(=O)Nc2cccc(Cl)c2)cn1. The first-order valence-electron chi connectivity index (χ1n) is 7.53. The van der Waals surface area contributed by atoms with Crippen molar-refractivity contribution in [3.8, 4) is 0 Å². The molecule has 1 amide bonds. The third-order valence-corrected chi connectivity index (χ3v) is 3.24. The Morgan fingerprint density at radius 1 is 1.33 bits per heavy atom. The van der Waals surface area contributed by atoms with Crippen LogP contribution < -0.4 is 10.6 Å². The Morgan fingerprint density at radius 2 is 2.17 bits per heavy atom. The van der Waals surface area contributed by atoms with Crippen LogP contribution in [-0.4, -0.2) is 30.6 Å². The average Bonchev–Trinajstić information content (AvgIpc) is 2.55. The van der Waals surface area contributed by atoms with Gasteiger partial charge < -0.3 is 15.4 Å². The molecule has 0 saturated heterocycles. The molecule has 0 radical (unpaired) electrons. The van der Waals surface area contributed by atoms with Crippen LogP contribution in [0.1, 0.15) is 17.3 Å². The van der Waals surface area contributed by atoms with Gasteiger partial charge in [0.15, 0.2) is 0 Å². The molecule has 1 aromatic heterocycles. The quantitative estimate of drug-likeness (QED) is 0.561. The van der Waals surface area contributed by atoms with E-state index in [1.54, 1.807) is 36.4 Å². The maximum absolute atomic E-state index is 12.2. The van der Waals surface area contributed by atoms with Crippen molar-refractivity contribution in [2.75, 3.05) is 30.4 Å². The standard InChI is InChI=1S/C18H20ClN3O2/c1-13(2)12-24-9-8-20-17-7-6-14(11-21-17)18(23)22-16-5-3-4-15(19)10-16/h3-7,10-11H,1,8-9,12H2,2H3,(H,20,21)(H,22,23). The molecular weight excluding hydrogens is 326 g/mol. The molecule has 1 aromatic carbocycles. The van der Waals surface area contributed by atoms with Gasteiger partial charge in [-0.15, -0.1) is 0 Å². The molecule has 0 saturated carbocycles. The van der Waals surface area contributed by atoms with Crippen LogP contribution in [0.25, 0.3) is 0 Å². The molecule has 0 aliphatic rings. The summed E-state index contributed by atoms with van der Waals surface area (Å²) in [6, 6.07) is 10.5. The maximum Gasteiger partial charge on any atom is 0.257 e. The zero-order valence-electron chi connectivity index (χ0n) is 13.5. The molecule has 5 nitrogen and oxygen atoms in total. The monoisotopic (exact) mass is 345 g/mol. The van der Waals surface area contributed by atoms with E-state index >= 15 is 0 Å². The van der Waals surface area contributed by atoms with Crippen LogP contribution in [0, 0.1) is 0 Å². The normalized spacial score (nSPS) is 10.2. The fraction of sp³-hybridized carbons (Fsp3) is 0.222. The predicted molar refractivity (Wildman–Crippen MR) is 97.8 cm³/mol. The minimum Gasteiger partial charge on any atom is -0.375 e. The first kappa shape index (κ1) is 18.0. The molecule has 0 unspecified atom stereocenters. The molecular formula is C18H20ClN3O2. The fourth-order valence-electron chi connectivity index (χ4n) is 1.90. The van der Waals surface area contributed by atoms with E-state index in [2.05, 4.69) is 22.2 Å². The summed E-state index contributed by atoms with van der Waals surface area (Å²) < 4.78 is 5.39. The van der Waals surface area contributed by atoms with Crippen molar-refractivity contribution in [1.82, 2.24) is 4.98 Å². The third-order valence-electron chi connectivity index (χ3n) is 3.01. The average molecular weight is 346 g/mol. The number of nitrogens with zero attached hydrogens (tertiary/aromatic N) is 1. The molecule has 0 atom stereocenters. The summed E-state index contributed by atoms with van der Waals surface area (Å²) in [5, 5.41) is 6.47. The maximum atomic E-state index is 12.2. The molecule has 0 aliphatic carbocycles. The van der Waals surface area contributed by atoms with Gasteiger partial charge in [-0.2, -0.15) is 0 Å². The molecule has 6 heteroatoms. The lowest BCUT2D eigenvalue weighted by Crippen LogP contribution is -2.14. The number of halogens is 1. The summed E-state index contributed by atoms with van der Waals surface area (Å²) in [4.78, 5) is 16.4. The zero-order valence-corrected chi connectivity index (χ0v) is 14.3. The smallest absolute Gasteiger partial charge is 0.257 e. The summed E-state index contributed by atoms with van der Waals surface area (Å²) in [6.45, 7) is 7.44. The van der Waals surface area contributed by atoms with E-state index in [4.69, 9.17) is 16.3 Å². The van der Waals surface area contributed by atoms with E-state index in [0.29, 0.717) is 41.8 Å². The van der Waals surface area contributed by atoms with E-state index in [-0.39, 0.29) is 5.91 Å². The van der Waals surface area contributed by atoms with Crippen LogP contribution in [0.5, 0.6) is 0 Å². The Morgan fingerprint density at radius 3 is 2.83 bits per heavy atom. The molecule has 24 heavy (non-hydrogen) atoms. The number of benzene rings is 1. The van der Waals surface area contributed by atoms with Gasteiger partial charge in [0.1, 0.15) is 5.82 Å². The second-order valence-electron chi connectivity index (χ2n) is 5.33. The van der Waals surface area contributed by atoms with Gasteiger partial charge in [-0.25, -0.2) is 4.98 Å². The van der Waals surface area contributed by atoms with E-state index in [1.807, 2.05) is 6.92 Å². The molecule has 2 aromatic rings. The molecule has 0 spiro atoms. The van der Waals surface area contributed by atoms with E-state index in [9.17, 15) is 4.79 Å². The van der Waals surface area contributed by atoms with Gasteiger partial charge in [0, 0.05) is 23.5 Å². The number of ether oxygens (including phenoxy) is 1. The van der Waals surface area contributed by atoms with Gasteiger partial charge in [0.25, 0.3) is 5.91 Å². The molecule has 0 fully saturated rings. The summed E-state index contributed by atoms with van der Waals surface area (Å²) >= 11 is 5.90. The minimum absolute atomic E-state index is 0.235. The Labute approximate surface area is 146 Å². The predicted octanol–water partition coefficient (Wildman–Crippen LogP) is 3.99. The molecule has 2 rings (SSSR count). The number of aromatic nitrogens is 1. The van der Waals surface area contributed by atoms with E-state index < -0.39 is 0 Å². The summed E-state index contributed by atoms with van der Waals surface area (Å²) in [7, 11) is 0. The number of carbonyl (C=O) groups is 1. The van der Waals surface area contributed by atoms with Crippen molar-refractivity contribution >= 4 is 29.0 Å². The lowest BCUT2D eigenvalue weighted by Gasteiger charge is -2.08. The Kier molecular flexibility index (Phi) is 6.78. The van der Waals surface area contributed by atoms with Crippen LogP contribution in [0.4, 0.5) is 11.5 Å². The zero-order chi connectivity index (χ0) is 17.4. The summed E-state index contributed by atoms with van der Waals surface area (Å²) in [6.07, 6.45) is 1.52. The van der Waals surface area contributed by atoms with Crippen molar-refractivity contribution in [1.29, 1.82) is 0 Å². The van der Waals surface area contributed by atoms with E-state index in [1.165, 1.54) is 6.20 Å². The van der Waals surface area contributed by atoms with Crippen LogP contribution >= 0.6 is 11.6 Å². The highest BCUT2D eigenvalue weighted by atomic mass is 35.5. The number of rotatable bonds is 8. The van der Waals surface area contributed by atoms with Crippen molar-refractivity contribution in [2.45, 2.75) is 6.92 Å². The molecule has 1 heterocycles. The number of hydrogen-bond donors (Lipinski definition) is 2. The highest BCUT2D eigenvalue weighted by molar-refractivity contribution is 6.30. The van der Waals surface area contributed by atoms with Gasteiger partial charge in [0.05, 0.1) is 18.8 Å². The Balaban J connectivity index is 1.82. The van der Waals surface area contributed by atoms with Gasteiger partial charge in [0.2, 0.25) is 0 Å². The van der Waals surface area contributed by atoms with Crippen LogP contribution in [0.3, 0.4) is 0 Å². The van der Waals surface area contributed by atoms with Gasteiger partial charge >= 0.3 is 0 Å². The van der Waals surface area contributed by atoms with Crippen LogP contribution in [0.2, 0.25) is 5.02 Å². The highest BCUT2D eigenvalue weighted by Gasteiger charge is 2.07. The topological polar surface area (TPSA) is 63.2 Å². The summed E-state index contributed by atoms with van der Waals surface area (Å²) in [5.41, 5.74) is 2.10. The number of anilines is 2. The second-order valence-corrected chi connectivity index (χ2v) is 5.77. The number of carbonyl (C=O) groups excluding carboxylic acids is 1. The van der Waals surface area contributed by atoms with Gasteiger partial charge in [-0.05, 0) is 37.3 Å². The lowest BCUT2D eigenvalue weighted by atomic mass is 10.2. The number of nitrogens with one attached hydrogen (secondary N) is 2. The fourth-order valence-corrected chi connectivity index (χ4v) is 2.09. The molecule has 126 valence electrons. The molecule has 2 N–H and O–H groups in total. The van der Waals surface area contributed by atoms with Crippen molar-refractivity contribution < 1.29 is 9.53 Å². The number of amides is 1. The number of hydrogen-bond acceptors (Lipinski definition) is 4. The first-order chi connectivity index (χ1) is 11.5. The largest absolute Gasteiger partial charge is 0.375 e. The summed E-state index contributed by atoms with van der Waals surface area (Å²) in [5.74, 6) is 0.453. The first-order valence-corrected chi connectivity index (χ1v) is 7.91. The molecule has 0 bridgehead atoms.